The molecule has 0 bridgehead atoms. The molecule has 1 saturated heterocycles. The zero-order valence-corrected chi connectivity index (χ0v) is 14.0. The summed E-state index contributed by atoms with van der Waals surface area (Å²) in [5.74, 6) is 1.09. The van der Waals surface area contributed by atoms with Crippen molar-refractivity contribution in [3.8, 4) is 0 Å². The Bertz CT molecular complexity index is 610. The van der Waals surface area contributed by atoms with Gasteiger partial charge in [-0.05, 0) is 29.7 Å². The van der Waals surface area contributed by atoms with Crippen molar-refractivity contribution in [1.29, 1.82) is 0 Å². The maximum absolute atomic E-state index is 4.67. The molecule has 0 aliphatic carbocycles. The third-order valence-electron chi connectivity index (χ3n) is 3.39. The molecule has 0 radical (unpaired) electrons. The Morgan fingerprint density at radius 3 is 2.57 bits per heavy atom. The predicted molar refractivity (Wildman–Crippen MR) is 94.8 cm³/mol. The molecule has 1 unspecified atom stereocenters. The highest BCUT2D eigenvalue weighted by Crippen LogP contribution is 2.18. The molecular weight excluding hydrogens is 344 g/mol. The van der Waals surface area contributed by atoms with Gasteiger partial charge in [0.25, 0.3) is 0 Å². The standard InChI is InChI=1S/C17H17BrN2S/c18-15-8-6-14(7-9-15)11-19-17-20-16(12-21-17)10-13-4-2-1-3-5-13/h1-9,16H,10-12H2,(H,19,20). The second-order valence-electron chi connectivity index (χ2n) is 5.09. The van der Waals surface area contributed by atoms with Crippen LogP contribution in [-0.2, 0) is 13.0 Å². The number of halogens is 1. The molecule has 2 aromatic carbocycles. The first-order valence-electron chi connectivity index (χ1n) is 7.02. The van der Waals surface area contributed by atoms with Gasteiger partial charge in [0, 0.05) is 16.3 Å². The average Bonchev–Trinajstić information content (AvgIpc) is 2.95. The Balaban J connectivity index is 1.54. The number of nitrogens with zero attached hydrogens (tertiary/aromatic N) is 1. The van der Waals surface area contributed by atoms with Gasteiger partial charge in [0.1, 0.15) is 0 Å². The Morgan fingerprint density at radius 2 is 1.81 bits per heavy atom. The lowest BCUT2D eigenvalue weighted by molar-refractivity contribution is 0.686. The van der Waals surface area contributed by atoms with E-state index in [1.54, 1.807) is 0 Å². The van der Waals surface area contributed by atoms with Gasteiger partial charge in [0.05, 0.1) is 6.54 Å². The van der Waals surface area contributed by atoms with Crippen LogP contribution in [0, 0.1) is 0 Å². The van der Waals surface area contributed by atoms with Crippen LogP contribution in [0.1, 0.15) is 11.1 Å². The van der Waals surface area contributed by atoms with Gasteiger partial charge in [-0.1, -0.05) is 70.2 Å². The summed E-state index contributed by atoms with van der Waals surface area (Å²) in [4.78, 5) is 4.67. The second-order valence-corrected chi connectivity index (χ2v) is 7.01. The molecule has 4 heteroatoms. The van der Waals surface area contributed by atoms with Crippen molar-refractivity contribution in [1.82, 2.24) is 5.32 Å². The summed E-state index contributed by atoms with van der Waals surface area (Å²) < 4.78 is 1.11. The molecule has 1 aliphatic rings. The zero-order chi connectivity index (χ0) is 14.5. The number of amidine groups is 1. The molecule has 1 fully saturated rings. The third-order valence-corrected chi connectivity index (χ3v) is 5.01. The molecule has 0 saturated carbocycles. The van der Waals surface area contributed by atoms with E-state index >= 15 is 0 Å². The lowest BCUT2D eigenvalue weighted by atomic mass is 10.1. The summed E-state index contributed by atoms with van der Waals surface area (Å²) in [6.45, 7) is 0.737. The van der Waals surface area contributed by atoms with Crippen LogP contribution in [0.3, 0.4) is 0 Å². The summed E-state index contributed by atoms with van der Waals surface area (Å²) in [6.07, 6.45) is 1.06. The summed E-state index contributed by atoms with van der Waals surface area (Å²) in [5.41, 5.74) is 2.62. The molecule has 1 aliphatic heterocycles. The molecule has 0 amide bonds. The van der Waals surface area contributed by atoms with Crippen molar-refractivity contribution < 1.29 is 0 Å². The third kappa shape index (κ3) is 4.35. The van der Waals surface area contributed by atoms with E-state index in [0.29, 0.717) is 6.04 Å². The Labute approximate surface area is 138 Å². The Hall–Kier alpha value is -1.26. The monoisotopic (exact) mass is 360 g/mol. The number of nitrogens with one attached hydrogen (secondary N) is 1. The molecular formula is C17H17BrN2S. The van der Waals surface area contributed by atoms with Crippen LogP contribution in [0.2, 0.25) is 0 Å². The van der Waals surface area contributed by atoms with E-state index in [2.05, 4.69) is 80.8 Å². The first-order valence-corrected chi connectivity index (χ1v) is 8.79. The van der Waals surface area contributed by atoms with Gasteiger partial charge < -0.3 is 5.32 Å². The van der Waals surface area contributed by atoms with E-state index < -0.39 is 0 Å². The molecule has 2 aromatic rings. The molecule has 1 heterocycles. The lowest BCUT2D eigenvalue weighted by Gasteiger charge is -2.09. The van der Waals surface area contributed by atoms with E-state index in [-0.39, 0.29) is 0 Å². The van der Waals surface area contributed by atoms with Crippen LogP contribution in [0.25, 0.3) is 0 Å². The molecule has 1 N–H and O–H groups in total. The van der Waals surface area contributed by atoms with Crippen LogP contribution in [-0.4, -0.2) is 17.0 Å². The quantitative estimate of drug-likeness (QED) is 0.880. The maximum atomic E-state index is 4.67. The minimum atomic E-state index is 0.487. The number of benzene rings is 2. The lowest BCUT2D eigenvalue weighted by Crippen LogP contribution is -2.29. The Kier molecular flexibility index (Phi) is 4.99. The average molecular weight is 361 g/mol. The van der Waals surface area contributed by atoms with Crippen molar-refractivity contribution in [2.45, 2.75) is 19.0 Å². The number of rotatable bonds is 4. The van der Waals surface area contributed by atoms with Crippen molar-refractivity contribution in [3.63, 3.8) is 0 Å². The van der Waals surface area contributed by atoms with E-state index in [1.807, 2.05) is 11.8 Å². The summed E-state index contributed by atoms with van der Waals surface area (Å²) in [7, 11) is 0. The van der Waals surface area contributed by atoms with Crippen molar-refractivity contribution in [2.75, 3.05) is 5.75 Å². The van der Waals surface area contributed by atoms with Crippen molar-refractivity contribution in [2.24, 2.45) is 4.99 Å². The van der Waals surface area contributed by atoms with Crippen molar-refractivity contribution >= 4 is 32.9 Å². The van der Waals surface area contributed by atoms with E-state index in [9.17, 15) is 0 Å². The fourth-order valence-electron chi connectivity index (χ4n) is 2.29. The van der Waals surface area contributed by atoms with E-state index in [1.165, 1.54) is 11.1 Å². The van der Waals surface area contributed by atoms with Gasteiger partial charge in [0.15, 0.2) is 5.17 Å². The smallest absolute Gasteiger partial charge is 0.157 e. The zero-order valence-electron chi connectivity index (χ0n) is 11.6. The van der Waals surface area contributed by atoms with Crippen LogP contribution in [0.4, 0.5) is 0 Å². The maximum Gasteiger partial charge on any atom is 0.157 e. The van der Waals surface area contributed by atoms with Gasteiger partial charge in [-0.3, -0.25) is 4.99 Å². The highest BCUT2D eigenvalue weighted by molar-refractivity contribution is 9.10. The van der Waals surface area contributed by atoms with Gasteiger partial charge >= 0.3 is 0 Å². The molecule has 0 spiro atoms. The normalized spacial score (nSPS) is 19.7. The fraction of sp³-hybridized carbons (Fsp3) is 0.235. The fourth-order valence-corrected chi connectivity index (χ4v) is 3.52. The van der Waals surface area contributed by atoms with Gasteiger partial charge in [-0.25, -0.2) is 0 Å². The molecule has 1 atom stereocenters. The first-order chi connectivity index (χ1) is 10.3. The number of thioether (sulfide) groups is 1. The number of hydrogen-bond acceptors (Lipinski definition) is 2. The number of aliphatic imine (C=N–C) groups is 1. The van der Waals surface area contributed by atoms with Crippen LogP contribution in [0.5, 0.6) is 0 Å². The molecule has 2 nitrogen and oxygen atoms in total. The van der Waals surface area contributed by atoms with Crippen molar-refractivity contribution in [3.05, 3.63) is 70.2 Å². The summed E-state index contributed by atoms with van der Waals surface area (Å²) >= 11 is 5.27. The number of hydrogen-bond donors (Lipinski definition) is 1. The summed E-state index contributed by atoms with van der Waals surface area (Å²) in [5, 5.41) is 4.59. The first kappa shape index (κ1) is 14.7. The van der Waals surface area contributed by atoms with Crippen LogP contribution < -0.4 is 5.32 Å². The van der Waals surface area contributed by atoms with Crippen LogP contribution in [0.15, 0.2) is 64.1 Å². The molecule has 21 heavy (non-hydrogen) atoms. The molecule has 108 valence electrons. The highest BCUT2D eigenvalue weighted by Gasteiger charge is 2.20. The predicted octanol–water partition coefficient (Wildman–Crippen LogP) is 4.25. The summed E-state index contributed by atoms with van der Waals surface area (Å²) in [6, 6.07) is 19.4. The SMILES string of the molecule is Brc1ccc(CN=C2NC(Cc3ccccc3)CS2)cc1. The van der Waals surface area contributed by atoms with Crippen LogP contribution >= 0.6 is 27.7 Å². The van der Waals surface area contributed by atoms with Gasteiger partial charge in [0.2, 0.25) is 0 Å². The van der Waals surface area contributed by atoms with Gasteiger partial charge in [-0.2, -0.15) is 0 Å². The molecule has 0 aromatic heterocycles. The minimum absolute atomic E-state index is 0.487. The molecule has 3 rings (SSSR count). The topological polar surface area (TPSA) is 24.4 Å². The van der Waals surface area contributed by atoms with E-state index in [0.717, 1.165) is 28.4 Å². The Morgan fingerprint density at radius 1 is 1.05 bits per heavy atom. The minimum Gasteiger partial charge on any atom is -0.361 e. The second kappa shape index (κ2) is 7.14. The van der Waals surface area contributed by atoms with E-state index in [4.69, 9.17) is 0 Å². The van der Waals surface area contributed by atoms with Gasteiger partial charge in [-0.15, -0.1) is 0 Å². The largest absolute Gasteiger partial charge is 0.361 e. The highest BCUT2D eigenvalue weighted by atomic mass is 79.9.